The average Bonchev–Trinajstić information content (AvgIpc) is 3.07. The van der Waals surface area contributed by atoms with Crippen molar-refractivity contribution in [1.29, 1.82) is 0 Å². The van der Waals surface area contributed by atoms with Crippen molar-refractivity contribution in [2.24, 2.45) is 0 Å². The highest BCUT2D eigenvalue weighted by Gasteiger charge is 2.15. The van der Waals surface area contributed by atoms with Crippen molar-refractivity contribution in [1.82, 2.24) is 14.5 Å². The van der Waals surface area contributed by atoms with Gasteiger partial charge >= 0.3 is 17.8 Å². The molecule has 0 radical (unpaired) electrons. The number of nitrogens with zero attached hydrogens (tertiary/aromatic N) is 4. The zero-order valence-electron chi connectivity index (χ0n) is 14.5. The van der Waals surface area contributed by atoms with Crippen LogP contribution in [0.4, 0.5) is 5.82 Å². The van der Waals surface area contributed by atoms with E-state index in [1.54, 1.807) is 4.57 Å². The Hall–Kier alpha value is -2.53. The lowest BCUT2D eigenvalue weighted by Crippen LogP contribution is -2.38. The molecule has 0 atom stereocenters. The quantitative estimate of drug-likeness (QED) is 0.365. The van der Waals surface area contributed by atoms with E-state index < -0.39 is 16.9 Å². The Morgan fingerprint density at radius 2 is 1.73 bits per heavy atom. The molecule has 1 aromatic heterocycles. The molecule has 0 aromatic carbocycles. The Kier molecular flexibility index (Phi) is 9.87. The summed E-state index contributed by atoms with van der Waals surface area (Å²) in [6.07, 6.45) is 3.79. The summed E-state index contributed by atoms with van der Waals surface area (Å²) in [5, 5.41) is 26.9. The van der Waals surface area contributed by atoms with Gasteiger partial charge in [-0.1, -0.05) is 0 Å². The first-order valence-electron chi connectivity index (χ1n) is 8.28. The maximum absolute atomic E-state index is 10.6. The molecule has 0 aliphatic carbocycles. The summed E-state index contributed by atoms with van der Waals surface area (Å²) in [7, 11) is 0. The number of imidazole rings is 1. The minimum Gasteiger partial charge on any atom is -0.481 e. The molecule has 2 N–H and O–H groups in total. The molecule has 2 rings (SSSR count). The predicted octanol–water partition coefficient (Wildman–Crippen LogP) is 0.839. The summed E-state index contributed by atoms with van der Waals surface area (Å²) in [6.45, 7) is 4.65. The molecule has 0 amide bonds. The standard InChI is InChI=1S/C9H14N4O3.C6H10O4/c14-13(15)9-7-10-8-12(9)2-1-11-3-5-16-6-4-11;7-5(8)3-1-2-4-6(9)10/h7-8H,1-6H2;1-4H2,(H,7,8)(H,9,10). The van der Waals surface area contributed by atoms with Gasteiger partial charge in [0.1, 0.15) is 12.7 Å². The van der Waals surface area contributed by atoms with E-state index in [0.717, 1.165) is 32.8 Å². The van der Waals surface area contributed by atoms with Gasteiger partial charge in [-0.15, -0.1) is 0 Å². The number of unbranched alkanes of at least 4 members (excludes halogenated alkanes) is 1. The minimum absolute atomic E-state index is 0.0493. The molecule has 1 aliphatic heterocycles. The molecule has 26 heavy (non-hydrogen) atoms. The molecule has 1 fully saturated rings. The number of nitro groups is 1. The van der Waals surface area contributed by atoms with E-state index in [-0.39, 0.29) is 18.7 Å². The third-order valence-corrected chi connectivity index (χ3v) is 3.67. The molecule has 1 aliphatic rings. The fourth-order valence-electron chi connectivity index (χ4n) is 2.26. The molecule has 1 aromatic rings. The Labute approximate surface area is 150 Å². The van der Waals surface area contributed by atoms with Gasteiger partial charge in [-0.2, -0.15) is 0 Å². The molecular weight excluding hydrogens is 348 g/mol. The molecule has 1 saturated heterocycles. The number of carboxylic acid groups (broad SMARTS) is 2. The number of hydrogen-bond acceptors (Lipinski definition) is 7. The van der Waals surface area contributed by atoms with Crippen LogP contribution in [0.2, 0.25) is 0 Å². The van der Waals surface area contributed by atoms with E-state index in [4.69, 9.17) is 14.9 Å². The van der Waals surface area contributed by atoms with E-state index in [0.29, 0.717) is 19.4 Å². The molecule has 2 heterocycles. The third-order valence-electron chi connectivity index (χ3n) is 3.67. The van der Waals surface area contributed by atoms with Crippen molar-refractivity contribution in [3.8, 4) is 0 Å². The van der Waals surface area contributed by atoms with Crippen LogP contribution in [0.1, 0.15) is 25.7 Å². The smallest absolute Gasteiger partial charge is 0.342 e. The van der Waals surface area contributed by atoms with Crippen molar-refractivity contribution >= 4 is 17.8 Å². The molecule has 0 saturated carbocycles. The summed E-state index contributed by atoms with van der Waals surface area (Å²) in [5.41, 5.74) is 0. The molecule has 11 heteroatoms. The van der Waals surface area contributed by atoms with Crippen molar-refractivity contribution in [3.63, 3.8) is 0 Å². The zero-order valence-corrected chi connectivity index (χ0v) is 14.5. The van der Waals surface area contributed by atoms with Crippen LogP contribution < -0.4 is 0 Å². The van der Waals surface area contributed by atoms with Crippen LogP contribution >= 0.6 is 0 Å². The van der Waals surface area contributed by atoms with Gasteiger partial charge in [0.25, 0.3) is 0 Å². The second-order valence-corrected chi connectivity index (χ2v) is 5.65. The number of carboxylic acids is 2. The van der Waals surface area contributed by atoms with E-state index >= 15 is 0 Å². The SMILES string of the molecule is O=C(O)CCCCC(=O)O.O=[N+]([O-])c1cncn1CCN1CCOCC1. The minimum atomic E-state index is -0.870. The van der Waals surface area contributed by atoms with Gasteiger partial charge in [0, 0.05) is 32.5 Å². The number of ether oxygens (including phenoxy) is 1. The van der Waals surface area contributed by atoms with E-state index in [1.165, 1.54) is 12.5 Å². The normalized spacial score (nSPS) is 14.3. The number of morpholine rings is 1. The zero-order chi connectivity index (χ0) is 19.4. The molecular formula is C15H24N4O7. The summed E-state index contributed by atoms with van der Waals surface area (Å²) in [6, 6.07) is 0. The first-order valence-corrected chi connectivity index (χ1v) is 8.28. The van der Waals surface area contributed by atoms with Gasteiger partial charge in [0.2, 0.25) is 0 Å². The Morgan fingerprint density at radius 3 is 2.23 bits per heavy atom. The first-order chi connectivity index (χ1) is 12.4. The maximum Gasteiger partial charge on any atom is 0.342 e. The van der Waals surface area contributed by atoms with Crippen LogP contribution in [0.15, 0.2) is 12.5 Å². The second kappa shape index (κ2) is 11.9. The lowest BCUT2D eigenvalue weighted by molar-refractivity contribution is -0.392. The number of rotatable bonds is 9. The van der Waals surface area contributed by atoms with Gasteiger partial charge in [-0.05, 0) is 17.8 Å². The lowest BCUT2D eigenvalue weighted by atomic mass is 10.2. The lowest BCUT2D eigenvalue weighted by Gasteiger charge is -2.25. The summed E-state index contributed by atoms with van der Waals surface area (Å²) in [4.78, 5) is 36.0. The second-order valence-electron chi connectivity index (χ2n) is 5.65. The van der Waals surface area contributed by atoms with Crippen LogP contribution in [-0.2, 0) is 20.9 Å². The molecule has 0 spiro atoms. The fraction of sp³-hybridized carbons (Fsp3) is 0.667. The highest BCUT2D eigenvalue weighted by Crippen LogP contribution is 2.09. The molecule has 0 bridgehead atoms. The number of aliphatic carboxylic acids is 2. The van der Waals surface area contributed by atoms with Crippen LogP contribution in [0.25, 0.3) is 0 Å². The number of aromatic nitrogens is 2. The van der Waals surface area contributed by atoms with Crippen molar-refractivity contribution in [2.45, 2.75) is 32.2 Å². The Balaban J connectivity index is 0.000000294. The monoisotopic (exact) mass is 372 g/mol. The largest absolute Gasteiger partial charge is 0.481 e. The van der Waals surface area contributed by atoms with Crippen molar-refractivity contribution < 1.29 is 29.5 Å². The van der Waals surface area contributed by atoms with Gasteiger partial charge in [-0.25, -0.2) is 9.55 Å². The highest BCUT2D eigenvalue weighted by molar-refractivity contribution is 5.67. The van der Waals surface area contributed by atoms with Gasteiger partial charge in [-0.3, -0.25) is 14.5 Å². The summed E-state index contributed by atoms with van der Waals surface area (Å²) >= 11 is 0. The fourth-order valence-corrected chi connectivity index (χ4v) is 2.26. The van der Waals surface area contributed by atoms with Gasteiger partial charge in [0.05, 0.1) is 13.2 Å². The number of carbonyl (C=O) groups is 2. The van der Waals surface area contributed by atoms with E-state index in [2.05, 4.69) is 9.88 Å². The van der Waals surface area contributed by atoms with Crippen LogP contribution in [0, 0.1) is 10.1 Å². The Bertz CT molecular complexity index is 568. The summed E-state index contributed by atoms with van der Waals surface area (Å²) < 4.78 is 6.79. The topological polar surface area (TPSA) is 148 Å². The van der Waals surface area contributed by atoms with E-state index in [9.17, 15) is 19.7 Å². The highest BCUT2D eigenvalue weighted by atomic mass is 16.6. The molecule has 146 valence electrons. The first kappa shape index (κ1) is 21.5. The van der Waals surface area contributed by atoms with Crippen LogP contribution in [0.5, 0.6) is 0 Å². The van der Waals surface area contributed by atoms with Crippen molar-refractivity contribution in [3.05, 3.63) is 22.6 Å². The summed E-state index contributed by atoms with van der Waals surface area (Å²) in [5.74, 6) is -1.69. The maximum atomic E-state index is 10.6. The van der Waals surface area contributed by atoms with Gasteiger partial charge in [0.15, 0.2) is 6.33 Å². The molecule has 0 unspecified atom stereocenters. The van der Waals surface area contributed by atoms with Crippen LogP contribution in [-0.4, -0.2) is 74.4 Å². The van der Waals surface area contributed by atoms with Crippen LogP contribution in [0.3, 0.4) is 0 Å². The van der Waals surface area contributed by atoms with Gasteiger partial charge < -0.3 is 25.1 Å². The third kappa shape index (κ3) is 9.08. The average molecular weight is 372 g/mol. The number of hydrogen-bond donors (Lipinski definition) is 2. The molecule has 11 nitrogen and oxygen atoms in total. The Morgan fingerprint density at radius 1 is 1.15 bits per heavy atom. The van der Waals surface area contributed by atoms with Crippen molar-refractivity contribution in [2.75, 3.05) is 32.8 Å². The predicted molar refractivity (Wildman–Crippen MR) is 89.9 cm³/mol. The van der Waals surface area contributed by atoms with E-state index in [1.807, 2.05) is 0 Å².